The smallest absolute Gasteiger partial charge is 0.418 e. The number of anilines is 4. The molecular weight excluding hydrogens is 373 g/mol. The number of aromatic nitrogens is 2. The molecule has 28 heavy (non-hydrogen) atoms. The summed E-state index contributed by atoms with van der Waals surface area (Å²) >= 11 is 0. The van der Waals surface area contributed by atoms with E-state index in [-0.39, 0.29) is 17.5 Å². The molecule has 0 fully saturated rings. The molecule has 1 heterocycles. The van der Waals surface area contributed by atoms with Crippen LogP contribution < -0.4 is 10.6 Å². The Labute approximate surface area is 158 Å². The molecule has 0 atom stereocenters. The number of halogens is 3. The van der Waals surface area contributed by atoms with E-state index in [1.165, 1.54) is 37.6 Å². The number of benzene rings is 2. The number of ether oxygens (including phenoxy) is 1. The molecule has 2 aromatic carbocycles. The fraction of sp³-hybridized carbons (Fsp3) is 0.105. The lowest BCUT2D eigenvalue weighted by molar-refractivity contribution is -0.136. The summed E-state index contributed by atoms with van der Waals surface area (Å²) in [6.07, 6.45) is -3.07. The lowest BCUT2D eigenvalue weighted by atomic mass is 10.1. The van der Waals surface area contributed by atoms with E-state index in [2.05, 4.69) is 25.3 Å². The summed E-state index contributed by atoms with van der Waals surface area (Å²) < 4.78 is 44.0. The fourth-order valence-corrected chi connectivity index (χ4v) is 2.40. The Balaban J connectivity index is 1.77. The third kappa shape index (κ3) is 4.56. The van der Waals surface area contributed by atoms with Gasteiger partial charge in [0.15, 0.2) is 0 Å². The van der Waals surface area contributed by atoms with Gasteiger partial charge in [-0.25, -0.2) is 9.78 Å². The quantitative estimate of drug-likeness (QED) is 0.614. The third-order valence-corrected chi connectivity index (χ3v) is 3.71. The van der Waals surface area contributed by atoms with Crippen molar-refractivity contribution in [1.82, 2.24) is 9.97 Å². The highest BCUT2D eigenvalue weighted by molar-refractivity contribution is 5.89. The number of carbonyl (C=O) groups excluding carboxylic acids is 1. The van der Waals surface area contributed by atoms with E-state index < -0.39 is 17.7 Å². The van der Waals surface area contributed by atoms with Crippen LogP contribution in [-0.4, -0.2) is 23.0 Å². The van der Waals surface area contributed by atoms with Gasteiger partial charge in [-0.1, -0.05) is 12.1 Å². The molecule has 0 unspecified atom stereocenters. The van der Waals surface area contributed by atoms with Crippen LogP contribution in [0.1, 0.15) is 15.9 Å². The summed E-state index contributed by atoms with van der Waals surface area (Å²) in [4.78, 5) is 19.7. The average molecular weight is 388 g/mol. The molecule has 2 N–H and O–H groups in total. The largest absolute Gasteiger partial charge is 0.465 e. The second-order valence-corrected chi connectivity index (χ2v) is 5.63. The number of nitrogens with zero attached hydrogens (tertiary/aromatic N) is 2. The molecule has 6 nitrogen and oxygen atoms in total. The van der Waals surface area contributed by atoms with Gasteiger partial charge in [0.1, 0.15) is 5.82 Å². The lowest BCUT2D eigenvalue weighted by Crippen LogP contribution is -2.09. The molecule has 0 aliphatic heterocycles. The van der Waals surface area contributed by atoms with E-state index in [1.54, 1.807) is 24.3 Å². The van der Waals surface area contributed by atoms with E-state index in [9.17, 15) is 18.0 Å². The number of hydrogen-bond donors (Lipinski definition) is 2. The standard InChI is InChI=1S/C19H15F3N4O2/c1-28-17(27)12-6-8-13(9-7-12)24-18-23-11-10-16(26-18)25-15-5-3-2-4-14(15)19(20,21)22/h2-11H,1H3,(H2,23,24,25,26). The monoisotopic (exact) mass is 388 g/mol. The van der Waals surface area contributed by atoms with Gasteiger partial charge in [0.25, 0.3) is 0 Å². The molecule has 9 heteroatoms. The van der Waals surface area contributed by atoms with Crippen molar-refractivity contribution in [3.63, 3.8) is 0 Å². The minimum atomic E-state index is -4.49. The maximum absolute atomic E-state index is 13.1. The van der Waals surface area contributed by atoms with Crippen LogP contribution in [0.5, 0.6) is 0 Å². The zero-order valence-corrected chi connectivity index (χ0v) is 14.6. The first-order chi connectivity index (χ1) is 13.4. The van der Waals surface area contributed by atoms with Gasteiger partial charge in [0, 0.05) is 11.9 Å². The fourth-order valence-electron chi connectivity index (χ4n) is 2.40. The first-order valence-electron chi connectivity index (χ1n) is 8.08. The Hall–Kier alpha value is -3.62. The SMILES string of the molecule is COC(=O)c1ccc(Nc2nccc(Nc3ccccc3C(F)(F)F)n2)cc1. The molecular formula is C19H15F3N4O2. The molecule has 144 valence electrons. The molecule has 0 saturated carbocycles. The van der Waals surface area contributed by atoms with Crippen molar-refractivity contribution in [2.24, 2.45) is 0 Å². The first kappa shape index (κ1) is 19.2. The Morgan fingerprint density at radius 2 is 1.71 bits per heavy atom. The highest BCUT2D eigenvalue weighted by Gasteiger charge is 2.33. The molecule has 0 bridgehead atoms. The third-order valence-electron chi connectivity index (χ3n) is 3.71. The number of alkyl halides is 3. The van der Waals surface area contributed by atoms with E-state index >= 15 is 0 Å². The summed E-state index contributed by atoms with van der Waals surface area (Å²) in [7, 11) is 1.29. The minimum absolute atomic E-state index is 0.109. The Kier molecular flexibility index (Phi) is 5.44. The first-order valence-corrected chi connectivity index (χ1v) is 8.08. The van der Waals surface area contributed by atoms with Crippen molar-refractivity contribution in [2.45, 2.75) is 6.18 Å². The van der Waals surface area contributed by atoms with Crippen LogP contribution in [0.2, 0.25) is 0 Å². The molecule has 0 amide bonds. The van der Waals surface area contributed by atoms with Crippen molar-refractivity contribution in [3.05, 3.63) is 71.9 Å². The van der Waals surface area contributed by atoms with Crippen LogP contribution in [-0.2, 0) is 10.9 Å². The predicted molar refractivity (Wildman–Crippen MR) is 97.8 cm³/mol. The summed E-state index contributed by atoms with van der Waals surface area (Å²) in [5.74, 6) is -0.0852. The second-order valence-electron chi connectivity index (χ2n) is 5.63. The van der Waals surface area contributed by atoms with Gasteiger partial charge in [0.2, 0.25) is 5.95 Å². The number of hydrogen-bond acceptors (Lipinski definition) is 6. The van der Waals surface area contributed by atoms with Crippen LogP contribution in [0.3, 0.4) is 0 Å². The maximum atomic E-state index is 13.1. The Morgan fingerprint density at radius 1 is 1.00 bits per heavy atom. The average Bonchev–Trinajstić information content (AvgIpc) is 2.68. The molecule has 0 radical (unpaired) electrons. The van der Waals surface area contributed by atoms with E-state index in [1.807, 2.05) is 0 Å². The number of methoxy groups -OCH3 is 1. The van der Waals surface area contributed by atoms with Gasteiger partial charge >= 0.3 is 12.1 Å². The van der Waals surface area contributed by atoms with Gasteiger partial charge in [-0.3, -0.25) is 0 Å². The molecule has 0 aliphatic rings. The van der Waals surface area contributed by atoms with Crippen LogP contribution in [0.25, 0.3) is 0 Å². The topological polar surface area (TPSA) is 76.1 Å². The number of carbonyl (C=O) groups is 1. The van der Waals surface area contributed by atoms with E-state index in [4.69, 9.17) is 0 Å². The number of esters is 1. The highest BCUT2D eigenvalue weighted by atomic mass is 19.4. The van der Waals surface area contributed by atoms with E-state index in [0.717, 1.165) is 6.07 Å². The van der Waals surface area contributed by atoms with Crippen molar-refractivity contribution in [3.8, 4) is 0 Å². The second kappa shape index (κ2) is 7.95. The van der Waals surface area contributed by atoms with Gasteiger partial charge < -0.3 is 15.4 Å². The normalized spacial score (nSPS) is 11.0. The molecule has 3 rings (SSSR count). The zero-order chi connectivity index (χ0) is 20.1. The maximum Gasteiger partial charge on any atom is 0.418 e. The van der Waals surface area contributed by atoms with Gasteiger partial charge in [-0.2, -0.15) is 18.2 Å². The molecule has 0 saturated heterocycles. The Morgan fingerprint density at radius 3 is 2.39 bits per heavy atom. The number of para-hydroxylation sites is 1. The van der Waals surface area contributed by atoms with Crippen molar-refractivity contribution in [1.29, 1.82) is 0 Å². The molecule has 1 aromatic heterocycles. The Bertz CT molecular complexity index is 975. The summed E-state index contributed by atoms with van der Waals surface area (Å²) in [6, 6.07) is 13.0. The molecule has 0 aliphatic carbocycles. The van der Waals surface area contributed by atoms with Crippen LogP contribution >= 0.6 is 0 Å². The highest BCUT2D eigenvalue weighted by Crippen LogP contribution is 2.35. The van der Waals surface area contributed by atoms with Gasteiger partial charge in [-0.05, 0) is 42.5 Å². The summed E-state index contributed by atoms with van der Waals surface area (Å²) in [6.45, 7) is 0. The van der Waals surface area contributed by atoms with Crippen LogP contribution in [0.15, 0.2) is 60.8 Å². The molecule has 0 spiro atoms. The number of nitrogens with one attached hydrogen (secondary N) is 2. The van der Waals surface area contributed by atoms with Crippen molar-refractivity contribution >= 4 is 29.1 Å². The van der Waals surface area contributed by atoms with Gasteiger partial charge in [-0.15, -0.1) is 0 Å². The number of rotatable bonds is 5. The van der Waals surface area contributed by atoms with E-state index in [0.29, 0.717) is 11.3 Å². The van der Waals surface area contributed by atoms with Gasteiger partial charge in [0.05, 0.1) is 23.9 Å². The summed E-state index contributed by atoms with van der Waals surface area (Å²) in [5.41, 5.74) is 0.0808. The van der Waals surface area contributed by atoms with Crippen LogP contribution in [0, 0.1) is 0 Å². The molecule has 3 aromatic rings. The lowest BCUT2D eigenvalue weighted by Gasteiger charge is -2.14. The summed E-state index contributed by atoms with van der Waals surface area (Å²) in [5, 5.41) is 5.59. The minimum Gasteiger partial charge on any atom is -0.465 e. The van der Waals surface area contributed by atoms with Crippen molar-refractivity contribution < 1.29 is 22.7 Å². The zero-order valence-electron chi connectivity index (χ0n) is 14.6. The van der Waals surface area contributed by atoms with Crippen LogP contribution in [0.4, 0.5) is 36.3 Å². The van der Waals surface area contributed by atoms with Crippen molar-refractivity contribution in [2.75, 3.05) is 17.7 Å². The predicted octanol–water partition coefficient (Wildman–Crippen LogP) is 4.77.